The molecule has 0 aliphatic carbocycles. The third-order valence-electron chi connectivity index (χ3n) is 17.1. The molecule has 6 N–H and O–H groups in total. The smallest absolute Gasteiger partial charge is 0.221 e. The van der Waals surface area contributed by atoms with E-state index < -0.39 is 5.82 Å². The zero-order valence-corrected chi connectivity index (χ0v) is 49.2. The third-order valence-corrected chi connectivity index (χ3v) is 17.1. The molecule has 6 atom stereocenters. The molecule has 0 radical (unpaired) electrons. The molecule has 5 aromatic heterocycles. The summed E-state index contributed by atoms with van der Waals surface area (Å²) >= 11 is 0. The van der Waals surface area contributed by atoms with Crippen molar-refractivity contribution in [2.75, 3.05) is 18.5 Å². The first-order valence-corrected chi connectivity index (χ1v) is 29.9. The molecule has 6 aliphatic heterocycles. The number of hydrogen-bond acceptors (Lipinski definition) is 18. The Kier molecular flexibility index (Phi) is 18.6. The lowest BCUT2D eigenvalue weighted by Gasteiger charge is -2.39. The van der Waals surface area contributed by atoms with Gasteiger partial charge in [-0.1, -0.05) is 12.1 Å². The van der Waals surface area contributed by atoms with Gasteiger partial charge >= 0.3 is 0 Å². The van der Waals surface area contributed by atoms with Crippen LogP contribution >= 0.6 is 0 Å². The first kappa shape index (κ1) is 59.5. The summed E-state index contributed by atoms with van der Waals surface area (Å²) in [6.07, 6.45) is 26.7. The summed E-state index contributed by atoms with van der Waals surface area (Å²) < 4.78 is 71.4. The number of fused-ring (bicyclic) bond motifs is 6. The zero-order chi connectivity index (χ0) is 60.5. The van der Waals surface area contributed by atoms with Crippen LogP contribution in [0.5, 0.6) is 17.6 Å². The second-order valence-corrected chi connectivity index (χ2v) is 23.2. The van der Waals surface area contributed by atoms with Crippen LogP contribution in [0.1, 0.15) is 103 Å². The summed E-state index contributed by atoms with van der Waals surface area (Å²) in [6, 6.07) is 17.6. The molecule has 0 spiro atoms. The number of halogens is 3. The fourth-order valence-electron chi connectivity index (χ4n) is 12.5. The number of rotatable bonds is 16. The summed E-state index contributed by atoms with van der Waals surface area (Å²) in [5, 5.41) is 17.8. The second kappa shape index (κ2) is 27.5. The van der Waals surface area contributed by atoms with Gasteiger partial charge in [-0.15, -0.1) is 0 Å². The van der Waals surface area contributed by atoms with Gasteiger partial charge in [-0.2, -0.15) is 5.10 Å². The standard InChI is InChI=1S/C22H24FN5O.C21H23FN6O.C20H24FN7O2/c1-14-21(8-15-2-5-18(11-20(15)23)28-7-6-24-13-28)25-12-26-22(14)29-19-9-16-3-4-17(10-19)27-16;1-13-20(6-14-2-5-17(9-19(14)22)28-12-23-10-26-28)24-11-25-21(13)29-18-7-15-3-4-16(8-18)27-15;1-12-19(28-18-3-2-13(6-17(18)21)24-10-23-9-22)25-11-26-20(12)30-16-4-14-7-29-8-15(5-16)27-14/h2,5-7,11-13,16-17,19,27H,3-4,8-10H2,1H3;2,5,9-12,15-16,18,27H,3-4,6-8H2,1H3;2-3,6,9-11,14-16,27H,4-5,7-8H2,1H3,(H2,22,23,24)(H,25,26,28). The highest BCUT2D eigenvalue weighted by atomic mass is 19.1. The number of nitrogens with one attached hydrogen (secondary N) is 4. The molecule has 0 saturated carbocycles. The van der Waals surface area contributed by atoms with Crippen LogP contribution in [0.25, 0.3) is 11.4 Å². The van der Waals surface area contributed by atoms with Crippen molar-refractivity contribution in [3.05, 3.63) is 162 Å². The molecular formula is C63H71F3N18O4. The molecule has 11 heterocycles. The molecule has 3 aromatic carbocycles. The van der Waals surface area contributed by atoms with Crippen LogP contribution in [-0.2, 0) is 17.6 Å². The lowest BCUT2D eigenvalue weighted by molar-refractivity contribution is -0.0134. The number of nitrogens with zero attached hydrogens (tertiary/aromatic N) is 13. The number of aromatic nitrogens is 11. The predicted molar refractivity (Wildman–Crippen MR) is 324 cm³/mol. The minimum atomic E-state index is -0.465. The van der Waals surface area contributed by atoms with Crippen LogP contribution in [0.15, 0.2) is 115 Å². The van der Waals surface area contributed by atoms with Gasteiger partial charge in [0.2, 0.25) is 17.6 Å². The molecule has 8 aromatic rings. The molecule has 6 saturated heterocycles. The van der Waals surface area contributed by atoms with E-state index in [-0.39, 0.29) is 35.6 Å². The Morgan fingerprint density at radius 3 is 1.66 bits per heavy atom. The van der Waals surface area contributed by atoms with Crippen molar-refractivity contribution in [1.82, 2.24) is 70.2 Å². The van der Waals surface area contributed by atoms with Crippen LogP contribution in [0, 0.1) is 38.2 Å². The van der Waals surface area contributed by atoms with Crippen LogP contribution in [0.2, 0.25) is 0 Å². The third kappa shape index (κ3) is 14.6. The van der Waals surface area contributed by atoms with Gasteiger partial charge in [0.05, 0.1) is 59.9 Å². The van der Waals surface area contributed by atoms with Gasteiger partial charge in [0.15, 0.2) is 0 Å². The first-order valence-electron chi connectivity index (χ1n) is 29.9. The normalized spacial score (nSPS) is 23.5. The highest BCUT2D eigenvalue weighted by molar-refractivity contribution is 5.72. The number of nitrogens with two attached hydrogens (primary N) is 1. The number of hydrogen-bond donors (Lipinski definition) is 5. The molecule has 6 aliphatic rings. The van der Waals surface area contributed by atoms with Crippen molar-refractivity contribution >= 4 is 29.9 Å². The summed E-state index contributed by atoms with van der Waals surface area (Å²) in [7, 11) is 0. The van der Waals surface area contributed by atoms with Crippen LogP contribution in [0.3, 0.4) is 0 Å². The zero-order valence-electron chi connectivity index (χ0n) is 49.2. The van der Waals surface area contributed by atoms with Gasteiger partial charge in [0.1, 0.15) is 79.6 Å². The molecule has 6 fully saturated rings. The monoisotopic (exact) mass is 1200 g/mol. The number of imidazole rings is 1. The minimum absolute atomic E-state index is 0.0525. The highest BCUT2D eigenvalue weighted by Crippen LogP contribution is 2.34. The Bertz CT molecular complexity index is 3530. The molecular weight excluding hydrogens is 1130 g/mol. The Morgan fingerprint density at radius 1 is 0.602 bits per heavy atom. The number of benzene rings is 3. The van der Waals surface area contributed by atoms with Gasteiger partial charge < -0.3 is 50.5 Å². The van der Waals surface area contributed by atoms with E-state index in [9.17, 15) is 13.2 Å². The van der Waals surface area contributed by atoms with Crippen molar-refractivity contribution in [2.45, 2.75) is 152 Å². The lowest BCUT2D eigenvalue weighted by Crippen LogP contribution is -2.56. The van der Waals surface area contributed by atoms with E-state index in [1.807, 2.05) is 32.9 Å². The largest absolute Gasteiger partial charge is 0.474 e. The Labute approximate surface area is 507 Å². The van der Waals surface area contributed by atoms with Crippen molar-refractivity contribution in [2.24, 2.45) is 15.7 Å². The van der Waals surface area contributed by atoms with Crippen LogP contribution < -0.4 is 41.2 Å². The van der Waals surface area contributed by atoms with Crippen molar-refractivity contribution < 1.29 is 32.1 Å². The van der Waals surface area contributed by atoms with Crippen LogP contribution in [0.4, 0.5) is 30.4 Å². The van der Waals surface area contributed by atoms with Gasteiger partial charge in [0.25, 0.3) is 0 Å². The van der Waals surface area contributed by atoms with E-state index in [4.69, 9.17) is 24.7 Å². The molecule has 22 nitrogen and oxygen atoms in total. The number of aliphatic imine (C=N–C) groups is 2. The topological polar surface area (TPSA) is 262 Å². The number of anilines is 2. The lowest BCUT2D eigenvalue weighted by atomic mass is 9.95. The molecule has 6 unspecified atom stereocenters. The van der Waals surface area contributed by atoms with E-state index >= 15 is 0 Å². The Hall–Kier alpha value is -8.78. The summed E-state index contributed by atoms with van der Waals surface area (Å²) in [6.45, 7) is 7.15. The minimum Gasteiger partial charge on any atom is -0.474 e. The predicted octanol–water partition coefficient (Wildman–Crippen LogP) is 8.33. The fraction of sp³-hybridized carbons (Fsp3) is 0.413. The van der Waals surface area contributed by atoms with Gasteiger partial charge in [-0.3, -0.25) is 0 Å². The first-order chi connectivity index (χ1) is 42.9. The molecule has 14 rings (SSSR count). The maximum absolute atomic E-state index is 14.7. The van der Waals surface area contributed by atoms with E-state index in [2.05, 4.69) is 76.2 Å². The maximum Gasteiger partial charge on any atom is 0.221 e. The second-order valence-electron chi connectivity index (χ2n) is 23.2. The number of piperidine rings is 3. The van der Waals surface area contributed by atoms with E-state index in [0.29, 0.717) is 108 Å². The molecule has 458 valence electrons. The van der Waals surface area contributed by atoms with E-state index in [1.165, 1.54) is 80.2 Å². The quantitative estimate of drug-likeness (QED) is 0.0450. The SMILES string of the molecule is Cc1c(Cc2ccc(-n3ccnc3)cc2F)ncnc1OC1CC2CCC(C1)N2.Cc1c(Cc2ccc(-n3cncn3)cc2F)ncnc1OC1CC2CCC(C1)N2.Cc1c(Nc2ccc(N=CN=CN)cc2F)ncnc1OC1CC2COCC(C1)N2. The number of ether oxygens (including phenoxy) is 4. The maximum atomic E-state index is 14.7. The number of morpholine rings is 1. The summed E-state index contributed by atoms with van der Waals surface area (Å²) in [4.78, 5) is 41.6. The summed E-state index contributed by atoms with van der Waals surface area (Å²) in [5.74, 6) is 1.20. The van der Waals surface area contributed by atoms with Crippen molar-refractivity contribution in [3.63, 3.8) is 0 Å². The van der Waals surface area contributed by atoms with Gasteiger partial charge in [0, 0.05) is 97.2 Å². The average Bonchev–Trinajstić information content (AvgIpc) is 4.10. The molecule has 6 bridgehead atoms. The van der Waals surface area contributed by atoms with E-state index in [1.54, 1.807) is 53.9 Å². The molecule has 25 heteroatoms. The molecule has 0 amide bonds. The summed E-state index contributed by atoms with van der Waals surface area (Å²) in [5.41, 5.74) is 12.4. The Balaban J connectivity index is 0.000000129. The van der Waals surface area contributed by atoms with Gasteiger partial charge in [-0.05, 0) is 120 Å². The van der Waals surface area contributed by atoms with E-state index in [0.717, 1.165) is 78.6 Å². The molecule has 88 heavy (non-hydrogen) atoms. The fourth-order valence-corrected chi connectivity index (χ4v) is 12.5. The van der Waals surface area contributed by atoms with Crippen molar-refractivity contribution in [1.29, 1.82) is 0 Å². The Morgan fingerprint density at radius 2 is 1.14 bits per heavy atom. The average molecular weight is 1200 g/mol. The van der Waals surface area contributed by atoms with Crippen molar-refractivity contribution in [3.8, 4) is 29.0 Å². The van der Waals surface area contributed by atoms with Crippen LogP contribution in [-0.4, -0.2) is 135 Å². The highest BCUT2D eigenvalue weighted by Gasteiger charge is 2.37. The van der Waals surface area contributed by atoms with Gasteiger partial charge in [-0.25, -0.2) is 67.7 Å².